The molecule has 0 radical (unpaired) electrons. The molecule has 31 heavy (non-hydrogen) atoms. The standard InChI is InChI=1S/C24H29N5O2/c1-24(2,3)23(30)25-21(18-31-17-20-13-8-5-9-14-20)22-26-27-28-29(22)16-10-15-19-11-6-4-7-12-19/h4-15,21H,16-18H2,1-3H3,(H,25,30)/t21-/m1/s1. The first kappa shape index (κ1) is 22.4. The summed E-state index contributed by atoms with van der Waals surface area (Å²) in [6.07, 6.45) is 4.00. The fraction of sp³-hybridized carbons (Fsp3) is 0.333. The van der Waals surface area contributed by atoms with Gasteiger partial charge in [-0.3, -0.25) is 4.79 Å². The lowest BCUT2D eigenvalue weighted by atomic mass is 9.95. The highest BCUT2D eigenvalue weighted by Gasteiger charge is 2.27. The van der Waals surface area contributed by atoms with E-state index >= 15 is 0 Å². The zero-order chi connectivity index (χ0) is 22.1. The molecule has 0 bridgehead atoms. The van der Waals surface area contributed by atoms with Gasteiger partial charge in [-0.15, -0.1) is 5.10 Å². The molecule has 0 fully saturated rings. The van der Waals surface area contributed by atoms with Gasteiger partial charge < -0.3 is 10.1 Å². The summed E-state index contributed by atoms with van der Waals surface area (Å²) in [5.41, 5.74) is 1.62. The van der Waals surface area contributed by atoms with E-state index in [1.807, 2.05) is 93.6 Å². The number of rotatable bonds is 9. The molecule has 7 heteroatoms. The topological polar surface area (TPSA) is 81.9 Å². The van der Waals surface area contributed by atoms with Crippen molar-refractivity contribution in [1.29, 1.82) is 0 Å². The maximum atomic E-state index is 12.7. The van der Waals surface area contributed by atoms with Crippen LogP contribution in [0.5, 0.6) is 0 Å². The Morgan fingerprint density at radius 2 is 1.77 bits per heavy atom. The van der Waals surface area contributed by atoms with Crippen molar-refractivity contribution < 1.29 is 9.53 Å². The van der Waals surface area contributed by atoms with Crippen molar-refractivity contribution in [2.24, 2.45) is 5.41 Å². The second-order valence-electron chi connectivity index (χ2n) is 8.31. The van der Waals surface area contributed by atoms with Crippen LogP contribution < -0.4 is 5.32 Å². The summed E-state index contributed by atoms with van der Waals surface area (Å²) in [7, 11) is 0. The number of ether oxygens (including phenoxy) is 1. The van der Waals surface area contributed by atoms with E-state index in [1.165, 1.54) is 0 Å². The fourth-order valence-electron chi connectivity index (χ4n) is 2.87. The lowest BCUT2D eigenvalue weighted by Gasteiger charge is -2.23. The van der Waals surface area contributed by atoms with E-state index in [0.29, 0.717) is 19.0 Å². The van der Waals surface area contributed by atoms with E-state index in [-0.39, 0.29) is 12.5 Å². The average Bonchev–Trinajstić information content (AvgIpc) is 3.22. The van der Waals surface area contributed by atoms with Gasteiger partial charge >= 0.3 is 0 Å². The number of tetrazole rings is 1. The van der Waals surface area contributed by atoms with Gasteiger partial charge in [0.05, 0.1) is 19.8 Å². The maximum absolute atomic E-state index is 12.7. The van der Waals surface area contributed by atoms with Crippen LogP contribution in [0.3, 0.4) is 0 Å². The largest absolute Gasteiger partial charge is 0.374 e. The van der Waals surface area contributed by atoms with Crippen molar-refractivity contribution in [3.8, 4) is 0 Å². The lowest BCUT2D eigenvalue weighted by molar-refractivity contribution is -0.130. The van der Waals surface area contributed by atoms with Crippen LogP contribution in [0.25, 0.3) is 6.08 Å². The molecule has 0 spiro atoms. The number of aromatic nitrogens is 4. The molecule has 0 aliphatic rings. The summed E-state index contributed by atoms with van der Waals surface area (Å²) in [5, 5.41) is 15.1. The predicted octanol–water partition coefficient (Wildman–Crippen LogP) is 3.81. The second kappa shape index (κ2) is 10.6. The smallest absolute Gasteiger partial charge is 0.226 e. The molecule has 1 heterocycles. The predicted molar refractivity (Wildman–Crippen MR) is 120 cm³/mol. The van der Waals surface area contributed by atoms with Gasteiger partial charge in [-0.1, -0.05) is 93.6 Å². The second-order valence-corrected chi connectivity index (χ2v) is 8.31. The van der Waals surface area contributed by atoms with Crippen molar-refractivity contribution in [1.82, 2.24) is 25.5 Å². The Morgan fingerprint density at radius 3 is 2.45 bits per heavy atom. The van der Waals surface area contributed by atoms with Crippen molar-refractivity contribution in [3.63, 3.8) is 0 Å². The molecule has 0 saturated carbocycles. The van der Waals surface area contributed by atoms with E-state index in [1.54, 1.807) is 4.68 Å². The van der Waals surface area contributed by atoms with Crippen LogP contribution in [-0.2, 0) is 22.7 Å². The number of benzene rings is 2. The van der Waals surface area contributed by atoms with E-state index in [4.69, 9.17) is 4.74 Å². The molecule has 1 amide bonds. The van der Waals surface area contributed by atoms with Crippen molar-refractivity contribution in [2.75, 3.05) is 6.61 Å². The van der Waals surface area contributed by atoms with Crippen molar-refractivity contribution in [3.05, 3.63) is 83.7 Å². The minimum atomic E-state index is -0.539. The summed E-state index contributed by atoms with van der Waals surface area (Å²) >= 11 is 0. The molecule has 3 aromatic rings. The molecule has 3 rings (SSSR count). The van der Waals surface area contributed by atoms with Crippen LogP contribution in [0.2, 0.25) is 0 Å². The molecule has 1 aromatic heterocycles. The Balaban J connectivity index is 1.71. The molecule has 2 aromatic carbocycles. The SMILES string of the molecule is CC(C)(C)C(=O)N[C@H](COCc1ccccc1)c1nnnn1CC=Cc1ccccc1. The van der Waals surface area contributed by atoms with Crippen molar-refractivity contribution >= 4 is 12.0 Å². The molecular formula is C24H29N5O2. The third-order valence-electron chi connectivity index (χ3n) is 4.64. The first-order valence-electron chi connectivity index (χ1n) is 10.3. The fourth-order valence-corrected chi connectivity index (χ4v) is 2.87. The number of nitrogens with zero attached hydrogens (tertiary/aromatic N) is 4. The van der Waals surface area contributed by atoms with E-state index in [9.17, 15) is 4.79 Å². The number of nitrogens with one attached hydrogen (secondary N) is 1. The third kappa shape index (κ3) is 6.86. The highest BCUT2D eigenvalue weighted by Crippen LogP contribution is 2.18. The number of hydrogen-bond acceptors (Lipinski definition) is 5. The minimum absolute atomic E-state index is 0.0878. The lowest BCUT2D eigenvalue weighted by Crippen LogP contribution is -2.40. The summed E-state index contributed by atoms with van der Waals surface area (Å²) < 4.78 is 7.59. The summed E-state index contributed by atoms with van der Waals surface area (Å²) in [4.78, 5) is 12.7. The zero-order valence-electron chi connectivity index (χ0n) is 18.2. The first-order valence-corrected chi connectivity index (χ1v) is 10.3. The maximum Gasteiger partial charge on any atom is 0.226 e. The highest BCUT2D eigenvalue weighted by molar-refractivity contribution is 5.81. The molecule has 0 aliphatic carbocycles. The molecule has 162 valence electrons. The molecule has 1 N–H and O–H groups in total. The van der Waals surface area contributed by atoms with Crippen molar-refractivity contribution in [2.45, 2.75) is 40.0 Å². The van der Waals surface area contributed by atoms with Crippen LogP contribution >= 0.6 is 0 Å². The summed E-state index contributed by atoms with van der Waals surface area (Å²) in [5.74, 6) is 0.471. The van der Waals surface area contributed by atoms with Gasteiger partial charge in [0.25, 0.3) is 0 Å². The molecule has 7 nitrogen and oxygen atoms in total. The number of amides is 1. The van der Waals surface area contributed by atoms with Gasteiger partial charge in [0.15, 0.2) is 5.82 Å². The highest BCUT2D eigenvalue weighted by atomic mass is 16.5. The number of allylic oxidation sites excluding steroid dienone is 1. The summed E-state index contributed by atoms with van der Waals surface area (Å²) in [6, 6.07) is 19.5. The third-order valence-corrected chi connectivity index (χ3v) is 4.64. The quantitative estimate of drug-likeness (QED) is 0.570. The Morgan fingerprint density at radius 1 is 1.10 bits per heavy atom. The molecule has 1 atom stereocenters. The monoisotopic (exact) mass is 419 g/mol. The van der Waals surface area contributed by atoms with Crippen LogP contribution in [-0.4, -0.2) is 32.7 Å². The van der Waals surface area contributed by atoms with Gasteiger partial charge in [-0.25, -0.2) is 4.68 Å². The Labute approximate surface area is 183 Å². The minimum Gasteiger partial charge on any atom is -0.374 e. The van der Waals surface area contributed by atoms with Crippen LogP contribution in [0.15, 0.2) is 66.7 Å². The van der Waals surface area contributed by atoms with Gasteiger partial charge in [0.2, 0.25) is 5.91 Å². The van der Waals surface area contributed by atoms with Gasteiger partial charge in [-0.2, -0.15) is 0 Å². The van der Waals surface area contributed by atoms with E-state index in [0.717, 1.165) is 11.1 Å². The van der Waals surface area contributed by atoms with Gasteiger partial charge in [0.1, 0.15) is 6.04 Å². The Kier molecular flexibility index (Phi) is 7.67. The van der Waals surface area contributed by atoms with Crippen LogP contribution in [0.1, 0.15) is 43.8 Å². The Hall–Kier alpha value is -3.32. The van der Waals surface area contributed by atoms with E-state index < -0.39 is 11.5 Å². The van der Waals surface area contributed by atoms with E-state index in [2.05, 4.69) is 20.8 Å². The molecular weight excluding hydrogens is 390 g/mol. The first-order chi connectivity index (χ1) is 14.9. The number of carbonyl (C=O) groups excluding carboxylic acids is 1. The Bertz CT molecular complexity index is 978. The molecule has 0 unspecified atom stereocenters. The summed E-state index contributed by atoms with van der Waals surface area (Å²) in [6.45, 7) is 6.80. The van der Waals surface area contributed by atoms with Gasteiger partial charge in [-0.05, 0) is 21.6 Å². The van der Waals surface area contributed by atoms with Crippen LogP contribution in [0, 0.1) is 5.41 Å². The van der Waals surface area contributed by atoms with Crippen LogP contribution in [0.4, 0.5) is 0 Å². The number of hydrogen-bond donors (Lipinski definition) is 1. The number of carbonyl (C=O) groups is 1. The van der Waals surface area contributed by atoms with Gasteiger partial charge in [0, 0.05) is 5.41 Å². The molecule has 0 aliphatic heterocycles. The normalized spacial score (nSPS) is 12.7. The zero-order valence-corrected chi connectivity index (χ0v) is 18.2. The molecule has 0 saturated heterocycles. The average molecular weight is 420 g/mol.